The van der Waals surface area contributed by atoms with Gasteiger partial charge in [0, 0.05) is 22.7 Å². The second-order valence-corrected chi connectivity index (χ2v) is 8.84. The summed E-state index contributed by atoms with van der Waals surface area (Å²) < 4.78 is 41.1. The Hall–Kier alpha value is -2.90. The Morgan fingerprint density at radius 2 is 1.72 bits per heavy atom. The van der Waals surface area contributed by atoms with Crippen molar-refractivity contribution in [3.8, 4) is 11.1 Å². The van der Waals surface area contributed by atoms with E-state index in [9.17, 15) is 17.6 Å². The van der Waals surface area contributed by atoms with Crippen LogP contribution in [0.15, 0.2) is 71.6 Å². The van der Waals surface area contributed by atoms with E-state index in [-0.39, 0.29) is 17.1 Å². The van der Waals surface area contributed by atoms with Crippen LogP contribution < -0.4 is 9.62 Å². The maximum absolute atomic E-state index is 13.9. The molecule has 0 aromatic heterocycles. The normalized spacial score (nSPS) is 14.1. The lowest BCUT2D eigenvalue weighted by molar-refractivity contribution is -0.119. The summed E-state index contributed by atoms with van der Waals surface area (Å²) in [5.41, 5.74) is 1.95. The molecule has 4 rings (SSSR count). The second kappa shape index (κ2) is 7.50. The van der Waals surface area contributed by atoms with Crippen molar-refractivity contribution in [3.05, 3.63) is 83.1 Å². The molecule has 0 bridgehead atoms. The van der Waals surface area contributed by atoms with Gasteiger partial charge in [-0.3, -0.25) is 9.10 Å². The van der Waals surface area contributed by atoms with Gasteiger partial charge in [0.15, 0.2) is 0 Å². The van der Waals surface area contributed by atoms with Crippen LogP contribution in [0.5, 0.6) is 0 Å². The van der Waals surface area contributed by atoms with Crippen molar-refractivity contribution in [2.45, 2.75) is 11.4 Å². The summed E-state index contributed by atoms with van der Waals surface area (Å²) in [4.78, 5) is 12.6. The number of carbonyl (C=O) groups excluding carboxylic acids is 1. The van der Waals surface area contributed by atoms with E-state index in [4.69, 9.17) is 11.6 Å². The summed E-state index contributed by atoms with van der Waals surface area (Å²) in [6.07, 6.45) is 0. The molecule has 5 nitrogen and oxygen atoms in total. The van der Waals surface area contributed by atoms with E-state index in [1.165, 1.54) is 24.3 Å². The van der Waals surface area contributed by atoms with Gasteiger partial charge in [-0.2, -0.15) is 0 Å². The number of carbonyl (C=O) groups is 1. The molecule has 148 valence electrons. The van der Waals surface area contributed by atoms with Crippen LogP contribution >= 0.6 is 11.6 Å². The molecule has 1 aliphatic heterocycles. The maximum atomic E-state index is 13.9. The topological polar surface area (TPSA) is 66.5 Å². The van der Waals surface area contributed by atoms with Crippen molar-refractivity contribution in [2.75, 3.05) is 10.8 Å². The van der Waals surface area contributed by atoms with Crippen molar-refractivity contribution in [1.29, 1.82) is 0 Å². The van der Waals surface area contributed by atoms with Crippen LogP contribution in [0.3, 0.4) is 0 Å². The van der Waals surface area contributed by atoms with Gasteiger partial charge in [-0.1, -0.05) is 41.9 Å². The Morgan fingerprint density at radius 3 is 2.48 bits per heavy atom. The highest BCUT2D eigenvalue weighted by molar-refractivity contribution is 7.93. The molecule has 1 aliphatic rings. The highest BCUT2D eigenvalue weighted by atomic mass is 35.5. The number of fused-ring (bicyclic) bond motifs is 3. The molecule has 3 aromatic rings. The van der Waals surface area contributed by atoms with Crippen LogP contribution in [0.2, 0.25) is 5.02 Å². The number of rotatable bonds is 4. The molecule has 3 aromatic carbocycles. The number of sulfonamides is 1. The van der Waals surface area contributed by atoms with Gasteiger partial charge in [0.05, 0.1) is 10.6 Å². The Kier molecular flexibility index (Phi) is 5.02. The minimum absolute atomic E-state index is 0.0450. The number of nitrogens with zero attached hydrogens (tertiary/aromatic N) is 1. The molecule has 0 fully saturated rings. The average molecular weight is 431 g/mol. The fourth-order valence-electron chi connectivity index (χ4n) is 3.26. The number of hydrogen-bond donors (Lipinski definition) is 1. The van der Waals surface area contributed by atoms with E-state index in [2.05, 4.69) is 5.32 Å². The van der Waals surface area contributed by atoms with Gasteiger partial charge in [0.1, 0.15) is 12.4 Å². The van der Waals surface area contributed by atoms with E-state index in [0.717, 1.165) is 9.87 Å². The van der Waals surface area contributed by atoms with Gasteiger partial charge in [-0.05, 0) is 42.0 Å². The molecule has 0 unspecified atom stereocenters. The predicted octanol–water partition coefficient (Wildman–Crippen LogP) is 3.97. The maximum Gasteiger partial charge on any atom is 0.265 e. The number of hydrogen-bond acceptors (Lipinski definition) is 3. The molecule has 0 radical (unpaired) electrons. The predicted molar refractivity (Wildman–Crippen MR) is 110 cm³/mol. The summed E-state index contributed by atoms with van der Waals surface area (Å²) >= 11 is 5.85. The zero-order chi connectivity index (χ0) is 20.6. The average Bonchev–Trinajstić information content (AvgIpc) is 2.71. The lowest BCUT2D eigenvalue weighted by Crippen LogP contribution is -2.42. The van der Waals surface area contributed by atoms with Gasteiger partial charge in [0.25, 0.3) is 10.0 Å². The Balaban J connectivity index is 1.63. The van der Waals surface area contributed by atoms with Gasteiger partial charge >= 0.3 is 0 Å². The zero-order valence-corrected chi connectivity index (χ0v) is 16.7. The standard InChI is InChI=1S/C21H16ClFN2O3S/c22-15-7-5-14(6-8-15)12-24-21(26)13-25-19-10-9-16(23)11-18(19)17-3-1-2-4-20(17)29(25,27)28/h1-11H,12-13H2,(H,24,26). The van der Waals surface area contributed by atoms with Gasteiger partial charge in [-0.25, -0.2) is 12.8 Å². The third-order valence-electron chi connectivity index (χ3n) is 4.66. The third kappa shape index (κ3) is 3.71. The molecular weight excluding hydrogens is 415 g/mol. The first-order valence-electron chi connectivity index (χ1n) is 8.79. The molecule has 1 amide bonds. The first-order valence-corrected chi connectivity index (χ1v) is 10.6. The van der Waals surface area contributed by atoms with Gasteiger partial charge in [-0.15, -0.1) is 0 Å². The largest absolute Gasteiger partial charge is 0.350 e. The fourth-order valence-corrected chi connectivity index (χ4v) is 5.04. The number of benzene rings is 3. The monoisotopic (exact) mass is 430 g/mol. The molecular formula is C21H16ClFN2O3S. The number of amides is 1. The number of anilines is 1. The summed E-state index contributed by atoms with van der Waals surface area (Å²) in [7, 11) is -3.96. The lowest BCUT2D eigenvalue weighted by Gasteiger charge is -2.31. The minimum atomic E-state index is -3.96. The molecule has 29 heavy (non-hydrogen) atoms. The Labute approximate surface area is 172 Å². The second-order valence-electron chi connectivity index (χ2n) is 6.57. The first-order chi connectivity index (χ1) is 13.9. The fraction of sp³-hybridized carbons (Fsp3) is 0.0952. The number of nitrogens with one attached hydrogen (secondary N) is 1. The van der Waals surface area contributed by atoms with Crippen molar-refractivity contribution in [2.24, 2.45) is 0 Å². The van der Waals surface area contributed by atoms with E-state index < -0.39 is 28.3 Å². The molecule has 0 saturated heterocycles. The zero-order valence-electron chi connectivity index (χ0n) is 15.1. The summed E-state index contributed by atoms with van der Waals surface area (Å²) in [5.74, 6) is -0.955. The van der Waals surface area contributed by atoms with Gasteiger partial charge < -0.3 is 5.32 Å². The minimum Gasteiger partial charge on any atom is -0.350 e. The van der Waals surface area contributed by atoms with Crippen LogP contribution in [0, 0.1) is 5.82 Å². The smallest absolute Gasteiger partial charge is 0.265 e. The highest BCUT2D eigenvalue weighted by Crippen LogP contribution is 2.42. The van der Waals surface area contributed by atoms with E-state index in [0.29, 0.717) is 16.1 Å². The molecule has 0 atom stereocenters. The van der Waals surface area contributed by atoms with Crippen LogP contribution in [-0.4, -0.2) is 20.9 Å². The lowest BCUT2D eigenvalue weighted by atomic mass is 10.0. The molecule has 8 heteroatoms. The van der Waals surface area contributed by atoms with E-state index >= 15 is 0 Å². The summed E-state index contributed by atoms with van der Waals surface area (Å²) in [6, 6.07) is 17.2. The van der Waals surface area contributed by atoms with E-state index in [1.807, 2.05) is 0 Å². The van der Waals surface area contributed by atoms with Crippen molar-refractivity contribution < 1.29 is 17.6 Å². The van der Waals surface area contributed by atoms with Crippen LogP contribution in [0.25, 0.3) is 11.1 Å². The van der Waals surface area contributed by atoms with E-state index in [1.54, 1.807) is 42.5 Å². The molecule has 1 heterocycles. The molecule has 0 aliphatic carbocycles. The molecule has 0 saturated carbocycles. The van der Waals surface area contributed by atoms with Crippen molar-refractivity contribution in [1.82, 2.24) is 5.32 Å². The molecule has 0 spiro atoms. The quantitative estimate of drug-likeness (QED) is 0.681. The van der Waals surface area contributed by atoms with Crippen molar-refractivity contribution >= 4 is 33.2 Å². The van der Waals surface area contributed by atoms with Crippen LogP contribution in [-0.2, 0) is 21.4 Å². The van der Waals surface area contributed by atoms with Crippen LogP contribution in [0.4, 0.5) is 10.1 Å². The van der Waals surface area contributed by atoms with Crippen molar-refractivity contribution in [3.63, 3.8) is 0 Å². The summed E-state index contributed by atoms with van der Waals surface area (Å²) in [5, 5.41) is 3.29. The Morgan fingerprint density at radius 1 is 1.00 bits per heavy atom. The van der Waals surface area contributed by atoms with Gasteiger partial charge in [0.2, 0.25) is 5.91 Å². The molecule has 1 N–H and O–H groups in total. The number of halogens is 2. The first kappa shape index (κ1) is 19.4. The summed E-state index contributed by atoms with van der Waals surface area (Å²) in [6.45, 7) is -0.181. The highest BCUT2D eigenvalue weighted by Gasteiger charge is 2.35. The third-order valence-corrected chi connectivity index (χ3v) is 6.73. The Bertz CT molecular complexity index is 1200. The van der Waals surface area contributed by atoms with Crippen LogP contribution in [0.1, 0.15) is 5.56 Å². The SMILES string of the molecule is O=C(CN1c2ccc(F)cc2-c2ccccc2S1(=O)=O)NCc1ccc(Cl)cc1.